The summed E-state index contributed by atoms with van der Waals surface area (Å²) in [6.07, 6.45) is 3.12. The fourth-order valence-electron chi connectivity index (χ4n) is 1.74. The Balaban J connectivity index is 2.05. The van der Waals surface area contributed by atoms with Crippen LogP contribution in [0, 0.1) is 0 Å². The zero-order valence-corrected chi connectivity index (χ0v) is 11.9. The van der Waals surface area contributed by atoms with Crippen LogP contribution in [0.2, 0.25) is 0 Å². The minimum Gasteiger partial charge on any atom is -0.480 e. The van der Waals surface area contributed by atoms with Crippen LogP contribution in [0.5, 0.6) is 5.88 Å². The van der Waals surface area contributed by atoms with E-state index in [0.717, 1.165) is 12.1 Å². The van der Waals surface area contributed by atoms with Gasteiger partial charge in [0.15, 0.2) is 5.78 Å². The number of aromatic nitrogens is 4. The van der Waals surface area contributed by atoms with E-state index < -0.39 is 0 Å². The van der Waals surface area contributed by atoms with Gasteiger partial charge in [0.2, 0.25) is 5.88 Å². The number of ether oxygens (including phenoxy) is 1. The topological polar surface area (TPSA) is 69.9 Å². The van der Waals surface area contributed by atoms with Crippen LogP contribution >= 0.6 is 0 Å². The molecule has 1 unspecified atom stereocenters. The average Bonchev–Trinajstić information content (AvgIpc) is 2.95. The summed E-state index contributed by atoms with van der Waals surface area (Å²) in [6.45, 7) is 4.19. The number of rotatable bonds is 6. The molecule has 1 atom stereocenters. The molecule has 2 aromatic heterocycles. The quantitative estimate of drug-likeness (QED) is 0.754. The van der Waals surface area contributed by atoms with Crippen LogP contribution < -0.4 is 4.74 Å². The van der Waals surface area contributed by atoms with Gasteiger partial charge in [-0.1, -0.05) is 6.92 Å². The average molecular weight is 274 g/mol. The Hall–Kier alpha value is -2.24. The number of ketones is 1. The molecule has 0 N–H and O–H groups in total. The third-order valence-electron chi connectivity index (χ3n) is 3.18. The van der Waals surface area contributed by atoms with Gasteiger partial charge < -0.3 is 4.74 Å². The second-order valence-corrected chi connectivity index (χ2v) is 4.61. The Morgan fingerprint density at radius 2 is 2.15 bits per heavy atom. The van der Waals surface area contributed by atoms with Crippen LogP contribution in [0.25, 0.3) is 0 Å². The van der Waals surface area contributed by atoms with E-state index in [4.69, 9.17) is 4.74 Å². The van der Waals surface area contributed by atoms with Crippen molar-refractivity contribution in [3.8, 4) is 5.88 Å². The molecule has 0 bridgehead atoms. The molecule has 2 aromatic rings. The lowest BCUT2D eigenvalue weighted by molar-refractivity contribution is 0.0985. The summed E-state index contributed by atoms with van der Waals surface area (Å²) < 4.78 is 6.79. The minimum atomic E-state index is -0.102. The molecule has 0 aromatic carbocycles. The van der Waals surface area contributed by atoms with Crippen LogP contribution in [0.3, 0.4) is 0 Å². The highest BCUT2D eigenvalue weighted by atomic mass is 16.5. The van der Waals surface area contributed by atoms with Gasteiger partial charge in [-0.2, -0.15) is 5.10 Å². The number of methoxy groups -OCH3 is 1. The molecule has 2 heterocycles. The summed E-state index contributed by atoms with van der Waals surface area (Å²) in [6, 6.07) is 5.43. The smallest absolute Gasteiger partial charge is 0.233 e. The Morgan fingerprint density at radius 3 is 2.75 bits per heavy atom. The molecule has 0 fully saturated rings. The Kier molecular flexibility index (Phi) is 4.45. The van der Waals surface area contributed by atoms with Crippen molar-refractivity contribution in [1.29, 1.82) is 0 Å². The predicted octanol–water partition coefficient (Wildman–Crippen LogP) is 2.08. The maximum Gasteiger partial charge on any atom is 0.233 e. The molecule has 0 radical (unpaired) electrons. The van der Waals surface area contributed by atoms with E-state index >= 15 is 0 Å². The second-order valence-electron chi connectivity index (χ2n) is 4.61. The maximum atomic E-state index is 12.1. The molecular formula is C14H18N4O2. The second kappa shape index (κ2) is 6.27. The van der Waals surface area contributed by atoms with Crippen molar-refractivity contribution < 1.29 is 9.53 Å². The van der Waals surface area contributed by atoms with Gasteiger partial charge in [-0.25, -0.2) is 0 Å². The standard InChI is InChI=1S/C14H18N4O2/c1-4-10(2)18-8-7-11(17-18)9-13(19)12-5-6-14(20-3)16-15-12/h5-8,10H,4,9H2,1-3H3. The van der Waals surface area contributed by atoms with Gasteiger partial charge in [-0.3, -0.25) is 9.48 Å². The summed E-state index contributed by atoms with van der Waals surface area (Å²) in [5.41, 5.74) is 1.07. The molecule has 0 saturated carbocycles. The highest BCUT2D eigenvalue weighted by Crippen LogP contribution is 2.11. The van der Waals surface area contributed by atoms with Crippen LogP contribution in [-0.2, 0) is 6.42 Å². The molecule has 0 aliphatic rings. The van der Waals surface area contributed by atoms with E-state index in [1.54, 1.807) is 12.1 Å². The first-order chi connectivity index (χ1) is 9.63. The lowest BCUT2D eigenvalue weighted by Gasteiger charge is -2.07. The third-order valence-corrected chi connectivity index (χ3v) is 3.18. The molecule has 6 nitrogen and oxygen atoms in total. The first-order valence-electron chi connectivity index (χ1n) is 6.59. The molecule has 20 heavy (non-hydrogen) atoms. The van der Waals surface area contributed by atoms with Gasteiger partial charge >= 0.3 is 0 Å². The fourth-order valence-corrected chi connectivity index (χ4v) is 1.74. The van der Waals surface area contributed by atoms with Crippen LogP contribution in [-0.4, -0.2) is 32.9 Å². The van der Waals surface area contributed by atoms with Crippen LogP contribution in [0.15, 0.2) is 24.4 Å². The van der Waals surface area contributed by atoms with Crippen LogP contribution in [0.1, 0.15) is 42.5 Å². The van der Waals surface area contributed by atoms with Crippen molar-refractivity contribution in [2.45, 2.75) is 32.7 Å². The van der Waals surface area contributed by atoms with Crippen molar-refractivity contribution in [2.24, 2.45) is 0 Å². The van der Waals surface area contributed by atoms with Gasteiger partial charge in [0.05, 0.1) is 19.2 Å². The van der Waals surface area contributed by atoms with Crippen molar-refractivity contribution in [3.05, 3.63) is 35.8 Å². The zero-order chi connectivity index (χ0) is 14.5. The number of hydrogen-bond acceptors (Lipinski definition) is 5. The maximum absolute atomic E-state index is 12.1. The van der Waals surface area contributed by atoms with Crippen molar-refractivity contribution >= 4 is 5.78 Å². The summed E-state index contributed by atoms with van der Waals surface area (Å²) in [5.74, 6) is 0.289. The van der Waals surface area contributed by atoms with E-state index in [9.17, 15) is 4.79 Å². The van der Waals surface area contributed by atoms with Crippen molar-refractivity contribution in [3.63, 3.8) is 0 Å². The molecule has 0 saturated heterocycles. The molecule has 6 heteroatoms. The Morgan fingerprint density at radius 1 is 1.35 bits per heavy atom. The monoisotopic (exact) mass is 274 g/mol. The van der Waals surface area contributed by atoms with Gasteiger partial charge in [-0.15, -0.1) is 10.2 Å². The largest absolute Gasteiger partial charge is 0.480 e. The molecule has 106 valence electrons. The summed E-state index contributed by atoms with van der Waals surface area (Å²) in [4.78, 5) is 12.1. The van der Waals surface area contributed by atoms with E-state index in [2.05, 4.69) is 29.1 Å². The summed E-state index contributed by atoms with van der Waals surface area (Å²) >= 11 is 0. The molecular weight excluding hydrogens is 256 g/mol. The molecule has 0 aliphatic carbocycles. The number of nitrogens with zero attached hydrogens (tertiary/aromatic N) is 4. The first kappa shape index (κ1) is 14.2. The first-order valence-corrected chi connectivity index (χ1v) is 6.59. The summed E-state index contributed by atoms with van der Waals surface area (Å²) in [5, 5.41) is 12.0. The van der Waals surface area contributed by atoms with E-state index in [0.29, 0.717) is 17.6 Å². The molecule has 2 rings (SSSR count). The van der Waals surface area contributed by atoms with E-state index in [-0.39, 0.29) is 12.2 Å². The Labute approximate surface area is 117 Å². The molecule has 0 amide bonds. The van der Waals surface area contributed by atoms with E-state index in [1.807, 2.05) is 16.9 Å². The number of carbonyl (C=O) groups excluding carboxylic acids is 1. The lowest BCUT2D eigenvalue weighted by Crippen LogP contribution is -2.09. The molecule has 0 spiro atoms. The van der Waals surface area contributed by atoms with E-state index in [1.165, 1.54) is 7.11 Å². The van der Waals surface area contributed by atoms with Gasteiger partial charge in [0.1, 0.15) is 5.69 Å². The lowest BCUT2D eigenvalue weighted by atomic mass is 10.1. The number of carbonyl (C=O) groups is 1. The SMILES string of the molecule is CCC(C)n1ccc(CC(=O)c2ccc(OC)nn2)n1. The van der Waals surface area contributed by atoms with Crippen LogP contribution in [0.4, 0.5) is 0 Å². The van der Waals surface area contributed by atoms with Gasteiger partial charge in [0.25, 0.3) is 0 Å². The highest BCUT2D eigenvalue weighted by Gasteiger charge is 2.12. The molecule has 0 aliphatic heterocycles. The Bertz CT molecular complexity index is 577. The number of hydrogen-bond donors (Lipinski definition) is 0. The predicted molar refractivity (Wildman–Crippen MR) is 73.8 cm³/mol. The van der Waals surface area contributed by atoms with Gasteiger partial charge in [-0.05, 0) is 25.5 Å². The zero-order valence-electron chi connectivity index (χ0n) is 11.9. The summed E-state index contributed by atoms with van der Waals surface area (Å²) in [7, 11) is 1.51. The third kappa shape index (κ3) is 3.20. The van der Waals surface area contributed by atoms with Crippen molar-refractivity contribution in [1.82, 2.24) is 20.0 Å². The van der Waals surface area contributed by atoms with Gasteiger partial charge in [0, 0.05) is 18.3 Å². The highest BCUT2D eigenvalue weighted by molar-refractivity contribution is 5.95. The minimum absolute atomic E-state index is 0.102. The van der Waals surface area contributed by atoms with Crippen molar-refractivity contribution in [2.75, 3.05) is 7.11 Å². The number of Topliss-reactive ketones (excluding diaryl/α,β-unsaturated/α-hetero) is 1. The normalized spacial score (nSPS) is 12.2. The fraction of sp³-hybridized carbons (Fsp3) is 0.429.